The number of piperidine rings is 1. The lowest BCUT2D eigenvalue weighted by molar-refractivity contribution is -0.136. The van der Waals surface area contributed by atoms with E-state index in [4.69, 9.17) is 14.2 Å². The molecule has 1 aliphatic rings. The van der Waals surface area contributed by atoms with Gasteiger partial charge in [0.15, 0.2) is 11.5 Å². The Labute approximate surface area is 143 Å². The van der Waals surface area contributed by atoms with Crippen molar-refractivity contribution in [1.82, 2.24) is 10.6 Å². The van der Waals surface area contributed by atoms with Crippen molar-refractivity contribution < 1.29 is 19.0 Å². The van der Waals surface area contributed by atoms with E-state index in [9.17, 15) is 4.79 Å². The second kappa shape index (κ2) is 8.35. The molecule has 1 atom stereocenters. The van der Waals surface area contributed by atoms with Crippen LogP contribution in [0.2, 0.25) is 0 Å². The van der Waals surface area contributed by atoms with E-state index in [1.165, 1.54) is 0 Å². The number of benzene rings is 1. The molecule has 2 rings (SSSR count). The second-order valence-corrected chi connectivity index (χ2v) is 6.27. The number of hydrogen-bond acceptors (Lipinski definition) is 5. The molecular weight excluding hydrogens is 308 g/mol. The highest BCUT2D eigenvalue weighted by Crippen LogP contribution is 2.32. The van der Waals surface area contributed by atoms with Gasteiger partial charge in [-0.05, 0) is 50.6 Å². The Kier molecular flexibility index (Phi) is 6.45. The quantitative estimate of drug-likeness (QED) is 0.796. The fraction of sp³-hybridized carbons (Fsp3) is 0.611. The molecule has 6 heteroatoms. The summed E-state index contributed by atoms with van der Waals surface area (Å²) in [5.41, 5.74) is 0.521. The van der Waals surface area contributed by atoms with Crippen molar-refractivity contribution >= 4 is 5.91 Å². The summed E-state index contributed by atoms with van der Waals surface area (Å²) < 4.78 is 15.9. The van der Waals surface area contributed by atoms with E-state index in [1.807, 2.05) is 25.1 Å². The Bertz CT molecular complexity index is 550. The molecule has 0 radical (unpaired) electrons. The van der Waals surface area contributed by atoms with Crippen LogP contribution in [0.25, 0.3) is 0 Å². The summed E-state index contributed by atoms with van der Waals surface area (Å²) >= 11 is 0. The minimum absolute atomic E-state index is 0.0492. The summed E-state index contributed by atoms with van der Waals surface area (Å²) in [4.78, 5) is 12.9. The lowest BCUT2D eigenvalue weighted by Gasteiger charge is -2.36. The molecule has 1 aromatic rings. The topological polar surface area (TPSA) is 68.8 Å². The maximum atomic E-state index is 12.9. The third kappa shape index (κ3) is 3.99. The molecule has 1 aliphatic heterocycles. The average molecular weight is 336 g/mol. The first-order chi connectivity index (χ1) is 11.6. The standard InChI is InChI=1S/C18H28N2O4/c1-13(14-5-6-15(23-3)16(11-14)24-4)20-17(21)18(12-22-2)7-9-19-10-8-18/h5-6,11,13,19H,7-10,12H2,1-4H3,(H,20,21). The number of amides is 1. The van der Waals surface area contributed by atoms with Crippen LogP contribution in [0.5, 0.6) is 11.5 Å². The van der Waals surface area contributed by atoms with E-state index in [0.717, 1.165) is 31.5 Å². The summed E-state index contributed by atoms with van der Waals surface area (Å²) in [6, 6.07) is 5.57. The number of ether oxygens (including phenoxy) is 3. The molecule has 1 saturated heterocycles. The van der Waals surface area contributed by atoms with Crippen molar-refractivity contribution in [3.8, 4) is 11.5 Å². The number of hydrogen-bond donors (Lipinski definition) is 2. The molecule has 1 heterocycles. The van der Waals surface area contributed by atoms with E-state index in [0.29, 0.717) is 18.1 Å². The van der Waals surface area contributed by atoms with Gasteiger partial charge in [0.1, 0.15) is 0 Å². The molecule has 1 aromatic carbocycles. The fourth-order valence-corrected chi connectivity index (χ4v) is 3.17. The van der Waals surface area contributed by atoms with Gasteiger partial charge in [-0.3, -0.25) is 4.79 Å². The minimum atomic E-state index is -0.454. The molecule has 6 nitrogen and oxygen atoms in total. The van der Waals surface area contributed by atoms with Crippen LogP contribution < -0.4 is 20.1 Å². The minimum Gasteiger partial charge on any atom is -0.493 e. The van der Waals surface area contributed by atoms with Crippen molar-refractivity contribution in [2.75, 3.05) is 41.0 Å². The Balaban J connectivity index is 2.12. The third-order valence-electron chi connectivity index (χ3n) is 4.72. The van der Waals surface area contributed by atoms with Crippen LogP contribution in [-0.4, -0.2) is 46.9 Å². The van der Waals surface area contributed by atoms with Crippen molar-refractivity contribution in [1.29, 1.82) is 0 Å². The van der Waals surface area contributed by atoms with Crippen LogP contribution in [0.3, 0.4) is 0 Å². The molecule has 2 N–H and O–H groups in total. The van der Waals surface area contributed by atoms with Crippen molar-refractivity contribution in [2.45, 2.75) is 25.8 Å². The van der Waals surface area contributed by atoms with Gasteiger partial charge in [0.05, 0.1) is 32.3 Å². The largest absolute Gasteiger partial charge is 0.493 e. The summed E-state index contributed by atoms with van der Waals surface area (Å²) in [6.07, 6.45) is 1.57. The van der Waals surface area contributed by atoms with Crippen LogP contribution in [-0.2, 0) is 9.53 Å². The van der Waals surface area contributed by atoms with Crippen LogP contribution in [0, 0.1) is 5.41 Å². The van der Waals surface area contributed by atoms with Gasteiger partial charge < -0.3 is 24.8 Å². The highest BCUT2D eigenvalue weighted by Gasteiger charge is 2.40. The van der Waals surface area contributed by atoms with E-state index in [1.54, 1.807) is 21.3 Å². The van der Waals surface area contributed by atoms with Crippen molar-refractivity contribution in [2.24, 2.45) is 5.41 Å². The molecule has 1 unspecified atom stereocenters. The number of carbonyl (C=O) groups excluding carboxylic acids is 1. The molecular formula is C18H28N2O4. The van der Waals surface area contributed by atoms with Gasteiger partial charge >= 0.3 is 0 Å². The first-order valence-corrected chi connectivity index (χ1v) is 8.29. The number of nitrogens with one attached hydrogen (secondary N) is 2. The third-order valence-corrected chi connectivity index (χ3v) is 4.72. The highest BCUT2D eigenvalue weighted by atomic mass is 16.5. The zero-order valence-electron chi connectivity index (χ0n) is 15.0. The lowest BCUT2D eigenvalue weighted by Crippen LogP contribution is -2.50. The molecule has 0 saturated carbocycles. The van der Waals surface area contributed by atoms with Gasteiger partial charge in [-0.2, -0.15) is 0 Å². The zero-order valence-corrected chi connectivity index (χ0v) is 15.0. The van der Waals surface area contributed by atoms with Gasteiger partial charge in [0.25, 0.3) is 0 Å². The molecule has 1 amide bonds. The monoisotopic (exact) mass is 336 g/mol. The normalized spacial score (nSPS) is 17.8. The van der Waals surface area contributed by atoms with Gasteiger partial charge in [0, 0.05) is 7.11 Å². The predicted octanol–water partition coefficient (Wildman–Crippen LogP) is 1.90. The number of methoxy groups -OCH3 is 3. The van der Waals surface area contributed by atoms with Gasteiger partial charge in [0.2, 0.25) is 5.91 Å². The van der Waals surface area contributed by atoms with E-state index in [-0.39, 0.29) is 11.9 Å². The van der Waals surface area contributed by atoms with Crippen LogP contribution >= 0.6 is 0 Å². The number of carbonyl (C=O) groups is 1. The molecule has 24 heavy (non-hydrogen) atoms. The van der Waals surface area contributed by atoms with Crippen LogP contribution in [0.15, 0.2) is 18.2 Å². The first kappa shape index (κ1) is 18.5. The average Bonchev–Trinajstić information content (AvgIpc) is 2.62. The fourth-order valence-electron chi connectivity index (χ4n) is 3.17. The first-order valence-electron chi connectivity index (χ1n) is 8.29. The molecule has 0 aliphatic carbocycles. The van der Waals surface area contributed by atoms with Crippen molar-refractivity contribution in [3.05, 3.63) is 23.8 Å². The lowest BCUT2D eigenvalue weighted by atomic mass is 9.78. The highest BCUT2D eigenvalue weighted by molar-refractivity contribution is 5.83. The molecule has 1 fully saturated rings. The van der Waals surface area contributed by atoms with Crippen LogP contribution in [0.4, 0.5) is 0 Å². The predicted molar refractivity (Wildman–Crippen MR) is 92.5 cm³/mol. The Morgan fingerprint density at radius 2 is 1.88 bits per heavy atom. The molecule has 0 bridgehead atoms. The molecule has 134 valence electrons. The van der Waals surface area contributed by atoms with E-state index < -0.39 is 5.41 Å². The summed E-state index contributed by atoms with van der Waals surface area (Å²) in [5.74, 6) is 1.38. The Hall–Kier alpha value is -1.79. The van der Waals surface area contributed by atoms with Crippen LogP contribution in [0.1, 0.15) is 31.4 Å². The second-order valence-electron chi connectivity index (χ2n) is 6.27. The van der Waals surface area contributed by atoms with Gasteiger partial charge in [-0.1, -0.05) is 6.07 Å². The van der Waals surface area contributed by atoms with E-state index >= 15 is 0 Å². The summed E-state index contributed by atoms with van der Waals surface area (Å²) in [7, 11) is 4.86. The zero-order chi connectivity index (χ0) is 17.6. The number of rotatable bonds is 7. The smallest absolute Gasteiger partial charge is 0.229 e. The maximum absolute atomic E-state index is 12.9. The summed E-state index contributed by atoms with van der Waals surface area (Å²) in [6.45, 7) is 4.09. The molecule has 0 aromatic heterocycles. The maximum Gasteiger partial charge on any atom is 0.229 e. The Morgan fingerprint density at radius 3 is 2.46 bits per heavy atom. The Morgan fingerprint density at radius 1 is 1.21 bits per heavy atom. The van der Waals surface area contributed by atoms with Gasteiger partial charge in [-0.15, -0.1) is 0 Å². The van der Waals surface area contributed by atoms with Crippen molar-refractivity contribution in [3.63, 3.8) is 0 Å². The summed E-state index contributed by atoms with van der Waals surface area (Å²) in [5, 5.41) is 6.44. The SMILES string of the molecule is COCC1(C(=O)NC(C)c2ccc(OC)c(OC)c2)CCNCC1. The molecule has 0 spiro atoms. The van der Waals surface area contributed by atoms with Gasteiger partial charge in [-0.25, -0.2) is 0 Å². The van der Waals surface area contributed by atoms with E-state index in [2.05, 4.69) is 10.6 Å².